The number of imidazole rings is 1. The Morgan fingerprint density at radius 1 is 1.12 bits per heavy atom. The maximum absolute atomic E-state index is 13.3. The van der Waals surface area contributed by atoms with E-state index in [0.29, 0.717) is 48.6 Å². The van der Waals surface area contributed by atoms with Crippen LogP contribution in [0.25, 0.3) is 11.0 Å². The number of amides is 1. The monoisotopic (exact) mass is 460 g/mol. The zero-order chi connectivity index (χ0) is 23.5. The van der Waals surface area contributed by atoms with Crippen molar-refractivity contribution in [1.82, 2.24) is 13.9 Å². The molecule has 1 amide bonds. The van der Waals surface area contributed by atoms with Crippen molar-refractivity contribution in [2.24, 2.45) is 0 Å². The molecule has 7 nitrogen and oxygen atoms in total. The average Bonchev–Trinajstić information content (AvgIpc) is 3.11. The molecule has 3 aromatic rings. The fourth-order valence-corrected chi connectivity index (χ4v) is 5.26. The molecule has 1 heterocycles. The Hall–Kier alpha value is -2.78. The molecule has 32 heavy (non-hydrogen) atoms. The van der Waals surface area contributed by atoms with Gasteiger partial charge in [0.1, 0.15) is 11.6 Å². The molecule has 0 aliphatic rings. The number of nitrogens with one attached hydrogen (secondary N) is 1. The van der Waals surface area contributed by atoms with Crippen molar-refractivity contribution >= 4 is 32.7 Å². The number of aryl methyl sites for hydroxylation is 3. The number of sulfonamides is 1. The highest BCUT2D eigenvalue weighted by molar-refractivity contribution is 7.89. The van der Waals surface area contributed by atoms with E-state index in [2.05, 4.69) is 10.3 Å². The summed E-state index contributed by atoms with van der Waals surface area (Å²) < 4.78 is 42.4. The third-order valence-corrected chi connectivity index (χ3v) is 7.54. The summed E-state index contributed by atoms with van der Waals surface area (Å²) in [5, 5.41) is 2.81. The molecule has 0 saturated carbocycles. The quantitative estimate of drug-likeness (QED) is 0.521. The molecule has 0 aliphatic carbocycles. The number of anilines is 1. The summed E-state index contributed by atoms with van der Waals surface area (Å²) in [6.07, 6.45) is 0.595. The Morgan fingerprint density at radius 3 is 2.47 bits per heavy atom. The number of fused-ring (bicyclic) bond motifs is 1. The van der Waals surface area contributed by atoms with Gasteiger partial charge in [-0.1, -0.05) is 13.8 Å². The molecule has 0 saturated heterocycles. The van der Waals surface area contributed by atoms with Crippen LogP contribution < -0.4 is 5.32 Å². The molecule has 3 rings (SSSR count). The SMILES string of the molecule is CCN(CC)S(=O)(=O)c1ccc2c(c1)nc(CCC(=O)Nc1ccc(F)cc1C)n2CC. The predicted octanol–water partition coefficient (Wildman–Crippen LogP) is 4.11. The van der Waals surface area contributed by atoms with Gasteiger partial charge in [0.25, 0.3) is 0 Å². The van der Waals surface area contributed by atoms with Crippen LogP contribution in [0.5, 0.6) is 0 Å². The summed E-state index contributed by atoms with van der Waals surface area (Å²) in [5.74, 6) is 0.171. The first-order valence-electron chi connectivity index (χ1n) is 10.8. The molecule has 1 N–H and O–H groups in total. The minimum atomic E-state index is -3.58. The molecule has 0 bridgehead atoms. The highest BCUT2D eigenvalue weighted by atomic mass is 32.2. The standard InChI is InChI=1S/C23H29FN4O3S/c1-5-27(6-2)32(30,31)18-9-11-21-20(15-18)25-22(28(21)7-3)12-13-23(29)26-19-10-8-17(24)14-16(19)4/h8-11,14-15H,5-7,12-13H2,1-4H3,(H,26,29). The smallest absolute Gasteiger partial charge is 0.243 e. The lowest BCUT2D eigenvalue weighted by Gasteiger charge is -2.18. The zero-order valence-electron chi connectivity index (χ0n) is 18.9. The lowest BCUT2D eigenvalue weighted by Crippen LogP contribution is -2.30. The second-order valence-corrected chi connectivity index (χ2v) is 9.46. The van der Waals surface area contributed by atoms with Crippen LogP contribution in [0.1, 0.15) is 38.6 Å². The summed E-state index contributed by atoms with van der Waals surface area (Å²) in [5.41, 5.74) is 2.65. The summed E-state index contributed by atoms with van der Waals surface area (Å²) in [4.78, 5) is 17.3. The van der Waals surface area contributed by atoms with Gasteiger partial charge in [-0.2, -0.15) is 4.31 Å². The van der Waals surface area contributed by atoms with Crippen molar-refractivity contribution < 1.29 is 17.6 Å². The number of aromatic nitrogens is 2. The Morgan fingerprint density at radius 2 is 1.84 bits per heavy atom. The van der Waals surface area contributed by atoms with Crippen molar-refractivity contribution in [3.05, 3.63) is 53.6 Å². The number of halogens is 1. The van der Waals surface area contributed by atoms with Gasteiger partial charge in [-0.05, 0) is 55.8 Å². The normalized spacial score (nSPS) is 11.9. The third-order valence-electron chi connectivity index (χ3n) is 5.50. The topological polar surface area (TPSA) is 84.3 Å². The summed E-state index contributed by atoms with van der Waals surface area (Å²) >= 11 is 0. The average molecular weight is 461 g/mol. The third kappa shape index (κ3) is 4.83. The van der Waals surface area contributed by atoms with Gasteiger partial charge in [0.05, 0.1) is 15.9 Å². The second-order valence-electron chi connectivity index (χ2n) is 7.52. The zero-order valence-corrected chi connectivity index (χ0v) is 19.7. The van der Waals surface area contributed by atoms with Crippen molar-refractivity contribution in [1.29, 1.82) is 0 Å². The molecule has 172 valence electrons. The number of hydrogen-bond donors (Lipinski definition) is 1. The Kier molecular flexibility index (Phi) is 7.30. The van der Waals surface area contributed by atoms with Crippen molar-refractivity contribution in [2.45, 2.75) is 52.0 Å². The number of rotatable bonds is 9. The van der Waals surface area contributed by atoms with Gasteiger partial charge in [0.15, 0.2) is 0 Å². The van der Waals surface area contributed by atoms with Crippen LogP contribution in [0.15, 0.2) is 41.3 Å². The number of nitrogens with zero attached hydrogens (tertiary/aromatic N) is 3. The molecule has 0 spiro atoms. The van der Waals surface area contributed by atoms with Gasteiger partial charge in [-0.15, -0.1) is 0 Å². The minimum absolute atomic E-state index is 0.195. The van der Waals surface area contributed by atoms with Crippen LogP contribution in [-0.4, -0.2) is 41.3 Å². The van der Waals surface area contributed by atoms with E-state index >= 15 is 0 Å². The highest BCUT2D eigenvalue weighted by Gasteiger charge is 2.23. The first kappa shape index (κ1) is 23.9. The summed E-state index contributed by atoms with van der Waals surface area (Å²) in [7, 11) is -3.58. The summed E-state index contributed by atoms with van der Waals surface area (Å²) in [6.45, 7) is 8.77. The largest absolute Gasteiger partial charge is 0.328 e. The molecule has 0 fully saturated rings. The second kappa shape index (κ2) is 9.79. The van der Waals surface area contributed by atoms with Crippen LogP contribution >= 0.6 is 0 Å². The molecule has 9 heteroatoms. The Balaban J connectivity index is 1.81. The molecule has 1 aromatic heterocycles. The fourth-order valence-electron chi connectivity index (χ4n) is 3.78. The highest BCUT2D eigenvalue weighted by Crippen LogP contribution is 2.24. The lowest BCUT2D eigenvalue weighted by atomic mass is 10.2. The molecular formula is C23H29FN4O3S. The van der Waals surface area contributed by atoms with Crippen LogP contribution in [-0.2, 0) is 27.8 Å². The first-order valence-corrected chi connectivity index (χ1v) is 12.2. The number of hydrogen-bond acceptors (Lipinski definition) is 4. The van der Waals surface area contributed by atoms with Crippen molar-refractivity contribution in [3.8, 4) is 0 Å². The van der Waals surface area contributed by atoms with E-state index in [1.807, 2.05) is 25.3 Å². The van der Waals surface area contributed by atoms with E-state index in [1.54, 1.807) is 31.2 Å². The van der Waals surface area contributed by atoms with E-state index < -0.39 is 10.0 Å². The number of carbonyl (C=O) groups is 1. The molecule has 0 aliphatic heterocycles. The summed E-state index contributed by atoms with van der Waals surface area (Å²) in [6, 6.07) is 9.20. The predicted molar refractivity (Wildman–Crippen MR) is 124 cm³/mol. The van der Waals surface area contributed by atoms with Gasteiger partial charge in [-0.3, -0.25) is 4.79 Å². The van der Waals surface area contributed by atoms with E-state index in [1.165, 1.54) is 16.4 Å². The molecule has 0 radical (unpaired) electrons. The molecule has 0 unspecified atom stereocenters. The van der Waals surface area contributed by atoms with Crippen molar-refractivity contribution in [3.63, 3.8) is 0 Å². The van der Waals surface area contributed by atoms with Gasteiger partial charge < -0.3 is 9.88 Å². The molecular weight excluding hydrogens is 431 g/mol. The maximum Gasteiger partial charge on any atom is 0.243 e. The first-order chi connectivity index (χ1) is 15.2. The van der Waals surface area contributed by atoms with E-state index in [4.69, 9.17) is 0 Å². The van der Waals surface area contributed by atoms with E-state index in [0.717, 1.165) is 5.52 Å². The van der Waals surface area contributed by atoms with Crippen LogP contribution in [0.4, 0.5) is 10.1 Å². The minimum Gasteiger partial charge on any atom is -0.328 e. The molecule has 0 atom stereocenters. The van der Waals surface area contributed by atoms with Gasteiger partial charge in [0, 0.05) is 38.2 Å². The number of carbonyl (C=O) groups excluding carboxylic acids is 1. The van der Waals surface area contributed by atoms with E-state index in [9.17, 15) is 17.6 Å². The van der Waals surface area contributed by atoms with Crippen LogP contribution in [0.3, 0.4) is 0 Å². The Labute approximate surface area is 188 Å². The van der Waals surface area contributed by atoms with Crippen molar-refractivity contribution in [2.75, 3.05) is 18.4 Å². The maximum atomic E-state index is 13.3. The van der Waals surface area contributed by atoms with E-state index in [-0.39, 0.29) is 23.0 Å². The van der Waals surface area contributed by atoms with Gasteiger partial charge >= 0.3 is 0 Å². The van der Waals surface area contributed by atoms with Gasteiger partial charge in [-0.25, -0.2) is 17.8 Å². The van der Waals surface area contributed by atoms with Crippen LogP contribution in [0.2, 0.25) is 0 Å². The van der Waals surface area contributed by atoms with Gasteiger partial charge in [0.2, 0.25) is 15.9 Å². The number of benzene rings is 2. The Bertz CT molecular complexity index is 1230. The lowest BCUT2D eigenvalue weighted by molar-refractivity contribution is -0.116. The molecule has 2 aromatic carbocycles. The van der Waals surface area contributed by atoms with Crippen LogP contribution in [0, 0.1) is 12.7 Å². The fraction of sp³-hybridized carbons (Fsp3) is 0.391.